The van der Waals surface area contributed by atoms with Gasteiger partial charge < -0.3 is 19.9 Å². The molecule has 33 heavy (non-hydrogen) atoms. The van der Waals surface area contributed by atoms with Gasteiger partial charge in [0, 0.05) is 31.7 Å². The Morgan fingerprint density at radius 3 is 2.18 bits per heavy atom. The quantitative estimate of drug-likeness (QED) is 0.754. The van der Waals surface area contributed by atoms with Gasteiger partial charge in [0.15, 0.2) is 0 Å². The molecule has 2 aromatic carbocycles. The molecule has 2 aliphatic heterocycles. The van der Waals surface area contributed by atoms with E-state index in [4.69, 9.17) is 4.74 Å². The number of piperidine rings is 1. The van der Waals surface area contributed by atoms with Crippen molar-refractivity contribution >= 4 is 17.7 Å². The largest absolute Gasteiger partial charge is 0.378 e. The van der Waals surface area contributed by atoms with Gasteiger partial charge in [-0.3, -0.25) is 14.4 Å². The molecule has 2 fully saturated rings. The van der Waals surface area contributed by atoms with Crippen molar-refractivity contribution in [2.75, 3.05) is 39.4 Å². The first kappa shape index (κ1) is 22.9. The number of amides is 3. The van der Waals surface area contributed by atoms with E-state index in [2.05, 4.69) is 5.32 Å². The molecule has 0 spiro atoms. The molecule has 2 heterocycles. The van der Waals surface area contributed by atoms with E-state index in [1.807, 2.05) is 6.07 Å². The average molecular weight is 454 g/mol. The van der Waals surface area contributed by atoms with Crippen molar-refractivity contribution in [1.29, 1.82) is 0 Å². The summed E-state index contributed by atoms with van der Waals surface area (Å²) in [5, 5.41) is 2.95. The van der Waals surface area contributed by atoms with E-state index in [0.29, 0.717) is 57.8 Å². The number of rotatable bonds is 5. The van der Waals surface area contributed by atoms with Gasteiger partial charge in [0.05, 0.1) is 18.8 Å². The maximum Gasteiger partial charge on any atom is 0.256 e. The lowest BCUT2D eigenvalue weighted by Crippen LogP contribution is -2.56. The van der Waals surface area contributed by atoms with Crippen molar-refractivity contribution in [2.45, 2.75) is 18.9 Å². The molecule has 0 bridgehead atoms. The SMILES string of the molecule is O=C(N[C@H](C(=O)N1CCOCC1)C1CCN(C(=O)c2ccccc2F)CC1)c1ccccc1. The number of hydrogen-bond donors (Lipinski definition) is 1. The predicted octanol–water partition coefficient (Wildman–Crippen LogP) is 2.34. The Hall–Kier alpha value is -3.26. The first-order valence-electron chi connectivity index (χ1n) is 11.3. The first-order chi connectivity index (χ1) is 16.0. The maximum absolute atomic E-state index is 14.1. The molecule has 1 N–H and O–H groups in total. The van der Waals surface area contributed by atoms with Crippen molar-refractivity contribution < 1.29 is 23.5 Å². The lowest BCUT2D eigenvalue weighted by atomic mass is 9.87. The van der Waals surface area contributed by atoms with E-state index in [0.717, 1.165) is 0 Å². The van der Waals surface area contributed by atoms with Gasteiger partial charge in [0.2, 0.25) is 5.91 Å². The fourth-order valence-electron chi connectivity index (χ4n) is 4.42. The number of carbonyl (C=O) groups excluding carboxylic acids is 3. The Morgan fingerprint density at radius 2 is 1.52 bits per heavy atom. The van der Waals surface area contributed by atoms with Crippen LogP contribution in [-0.2, 0) is 9.53 Å². The predicted molar refractivity (Wildman–Crippen MR) is 120 cm³/mol. The molecule has 2 saturated heterocycles. The molecule has 2 aliphatic rings. The van der Waals surface area contributed by atoms with E-state index in [1.165, 1.54) is 12.1 Å². The summed E-state index contributed by atoms with van der Waals surface area (Å²) in [4.78, 5) is 42.4. The highest BCUT2D eigenvalue weighted by Gasteiger charge is 2.37. The number of likely N-dealkylation sites (tertiary alicyclic amines) is 1. The van der Waals surface area contributed by atoms with Crippen molar-refractivity contribution in [3.8, 4) is 0 Å². The Labute approximate surface area is 192 Å². The summed E-state index contributed by atoms with van der Waals surface area (Å²) >= 11 is 0. The number of carbonyl (C=O) groups is 3. The summed E-state index contributed by atoms with van der Waals surface area (Å²) in [6.07, 6.45) is 1.08. The summed E-state index contributed by atoms with van der Waals surface area (Å²) in [5.41, 5.74) is 0.540. The van der Waals surface area contributed by atoms with E-state index < -0.39 is 11.9 Å². The molecular weight excluding hydrogens is 425 g/mol. The molecule has 3 amide bonds. The van der Waals surface area contributed by atoms with Gasteiger partial charge in [-0.1, -0.05) is 30.3 Å². The lowest BCUT2D eigenvalue weighted by molar-refractivity contribution is -0.139. The normalized spacial score (nSPS) is 18.0. The molecule has 1 atom stereocenters. The number of hydrogen-bond acceptors (Lipinski definition) is 4. The van der Waals surface area contributed by atoms with Crippen LogP contribution < -0.4 is 5.32 Å². The monoisotopic (exact) mass is 453 g/mol. The summed E-state index contributed by atoms with van der Waals surface area (Å²) in [6.45, 7) is 2.71. The van der Waals surface area contributed by atoms with Gasteiger partial charge in [-0.25, -0.2) is 4.39 Å². The molecular formula is C25H28FN3O4. The number of benzene rings is 2. The Morgan fingerprint density at radius 1 is 0.879 bits per heavy atom. The molecule has 0 aliphatic carbocycles. The standard InChI is InChI=1S/C25H28FN3O4/c26-21-9-5-4-8-20(21)24(31)28-12-10-18(11-13-28)22(25(32)29-14-16-33-17-15-29)27-23(30)19-6-2-1-3-7-19/h1-9,18,22H,10-17H2,(H,27,30)/t22-/m0/s1. The molecule has 0 aromatic heterocycles. The van der Waals surface area contributed by atoms with Crippen LogP contribution in [0.1, 0.15) is 33.6 Å². The zero-order chi connectivity index (χ0) is 23.2. The second-order valence-electron chi connectivity index (χ2n) is 8.36. The Balaban J connectivity index is 1.46. The van der Waals surface area contributed by atoms with E-state index in [-0.39, 0.29) is 29.2 Å². The topological polar surface area (TPSA) is 79.0 Å². The minimum atomic E-state index is -0.693. The van der Waals surface area contributed by atoms with Gasteiger partial charge in [-0.05, 0) is 43.0 Å². The summed E-state index contributed by atoms with van der Waals surface area (Å²) in [7, 11) is 0. The highest BCUT2D eigenvalue weighted by atomic mass is 19.1. The summed E-state index contributed by atoms with van der Waals surface area (Å²) in [6, 6.07) is 14.1. The first-order valence-corrected chi connectivity index (χ1v) is 11.3. The van der Waals surface area contributed by atoms with Crippen molar-refractivity contribution in [2.24, 2.45) is 5.92 Å². The molecule has 2 aromatic rings. The maximum atomic E-state index is 14.1. The molecule has 0 radical (unpaired) electrons. The Bertz CT molecular complexity index is 986. The smallest absolute Gasteiger partial charge is 0.256 e. The molecule has 174 valence electrons. The van der Waals surface area contributed by atoms with Crippen LogP contribution in [0, 0.1) is 11.7 Å². The fraction of sp³-hybridized carbons (Fsp3) is 0.400. The zero-order valence-electron chi connectivity index (χ0n) is 18.4. The molecule has 7 nitrogen and oxygen atoms in total. The van der Waals surface area contributed by atoms with E-state index >= 15 is 0 Å². The Kier molecular flexibility index (Phi) is 7.34. The third-order valence-corrected chi connectivity index (χ3v) is 6.31. The van der Waals surface area contributed by atoms with Crippen molar-refractivity contribution in [3.63, 3.8) is 0 Å². The fourth-order valence-corrected chi connectivity index (χ4v) is 4.42. The van der Waals surface area contributed by atoms with Crippen LogP contribution in [-0.4, -0.2) is 73.0 Å². The van der Waals surface area contributed by atoms with Crippen LogP contribution in [0.2, 0.25) is 0 Å². The molecule has 0 unspecified atom stereocenters. The third-order valence-electron chi connectivity index (χ3n) is 6.31. The minimum absolute atomic E-state index is 0.0503. The number of nitrogens with zero attached hydrogens (tertiary/aromatic N) is 2. The number of halogens is 1. The van der Waals surface area contributed by atoms with Gasteiger partial charge in [-0.2, -0.15) is 0 Å². The molecule has 8 heteroatoms. The van der Waals surface area contributed by atoms with Gasteiger partial charge >= 0.3 is 0 Å². The third kappa shape index (κ3) is 5.39. The van der Waals surface area contributed by atoms with Gasteiger partial charge in [0.1, 0.15) is 11.9 Å². The van der Waals surface area contributed by atoms with Gasteiger partial charge in [-0.15, -0.1) is 0 Å². The van der Waals surface area contributed by atoms with Crippen LogP contribution >= 0.6 is 0 Å². The van der Waals surface area contributed by atoms with Crippen LogP contribution in [0.5, 0.6) is 0 Å². The van der Waals surface area contributed by atoms with Crippen LogP contribution in [0.15, 0.2) is 54.6 Å². The van der Waals surface area contributed by atoms with Crippen molar-refractivity contribution in [3.05, 3.63) is 71.5 Å². The number of nitrogens with one attached hydrogen (secondary N) is 1. The summed E-state index contributed by atoms with van der Waals surface area (Å²) in [5.74, 6) is -1.44. The average Bonchev–Trinajstić information content (AvgIpc) is 2.88. The number of ether oxygens (including phenoxy) is 1. The highest BCUT2D eigenvalue weighted by Crippen LogP contribution is 2.25. The minimum Gasteiger partial charge on any atom is -0.378 e. The second kappa shape index (κ2) is 10.6. The molecule has 4 rings (SSSR count). The van der Waals surface area contributed by atoms with Crippen LogP contribution in [0.3, 0.4) is 0 Å². The van der Waals surface area contributed by atoms with Crippen LogP contribution in [0.4, 0.5) is 4.39 Å². The van der Waals surface area contributed by atoms with Crippen molar-refractivity contribution in [1.82, 2.24) is 15.1 Å². The van der Waals surface area contributed by atoms with E-state index in [9.17, 15) is 18.8 Å². The molecule has 0 saturated carbocycles. The zero-order valence-corrected chi connectivity index (χ0v) is 18.4. The highest BCUT2D eigenvalue weighted by molar-refractivity contribution is 5.97. The lowest BCUT2D eigenvalue weighted by Gasteiger charge is -2.38. The van der Waals surface area contributed by atoms with Crippen LogP contribution in [0.25, 0.3) is 0 Å². The van der Waals surface area contributed by atoms with E-state index in [1.54, 1.807) is 46.2 Å². The second-order valence-corrected chi connectivity index (χ2v) is 8.36. The van der Waals surface area contributed by atoms with Gasteiger partial charge in [0.25, 0.3) is 11.8 Å². The summed E-state index contributed by atoms with van der Waals surface area (Å²) < 4.78 is 19.4. The number of morpholine rings is 1.